The summed E-state index contributed by atoms with van der Waals surface area (Å²) in [4.78, 5) is 11.9. The van der Waals surface area contributed by atoms with Crippen LogP contribution >= 0.6 is 0 Å². The Kier molecular flexibility index (Phi) is 2.62. The highest BCUT2D eigenvalue weighted by Gasteiger charge is 2.31. The average Bonchev–Trinajstić information content (AvgIpc) is 2.72. The zero-order chi connectivity index (χ0) is 12.7. The van der Waals surface area contributed by atoms with Crippen LogP contribution in [-0.2, 0) is 23.0 Å². The van der Waals surface area contributed by atoms with Crippen molar-refractivity contribution in [2.45, 2.75) is 25.2 Å². The molecule has 1 atom stereocenters. The van der Waals surface area contributed by atoms with E-state index in [1.54, 1.807) is 0 Å². The van der Waals surface area contributed by atoms with Gasteiger partial charge in [0.15, 0.2) is 0 Å². The number of aryl methyl sites for hydroxylation is 2. The van der Waals surface area contributed by atoms with Gasteiger partial charge in [0.05, 0.1) is 13.0 Å². The molecular weight excluding hydrogens is 226 g/mol. The highest BCUT2D eigenvalue weighted by Crippen LogP contribution is 2.38. The van der Waals surface area contributed by atoms with Crippen LogP contribution < -0.4 is 0 Å². The van der Waals surface area contributed by atoms with Crippen LogP contribution in [0.15, 0.2) is 24.3 Å². The number of benzene rings is 1. The molecule has 1 heterocycles. The fourth-order valence-electron chi connectivity index (χ4n) is 3.19. The fourth-order valence-corrected chi connectivity index (χ4v) is 3.19. The maximum atomic E-state index is 11.9. The quantitative estimate of drug-likeness (QED) is 0.721. The summed E-state index contributed by atoms with van der Waals surface area (Å²) in [6.45, 7) is 0. The van der Waals surface area contributed by atoms with Gasteiger partial charge in [0, 0.05) is 23.6 Å². The van der Waals surface area contributed by atoms with Crippen molar-refractivity contribution in [1.82, 2.24) is 4.57 Å². The molecule has 0 aliphatic heterocycles. The summed E-state index contributed by atoms with van der Waals surface area (Å²) in [7, 11) is 3.52. The number of carbonyl (C=O) groups is 1. The molecule has 94 valence electrons. The molecule has 0 N–H and O–H groups in total. The first-order chi connectivity index (χ1) is 8.74. The number of aromatic nitrogens is 1. The summed E-state index contributed by atoms with van der Waals surface area (Å²) in [6.07, 6.45) is 3.01. The Hall–Kier alpha value is -1.77. The number of para-hydroxylation sites is 1. The molecule has 3 rings (SSSR count). The number of methoxy groups -OCH3 is 1. The van der Waals surface area contributed by atoms with Gasteiger partial charge in [0.2, 0.25) is 0 Å². The number of esters is 1. The minimum absolute atomic E-state index is 0.101. The van der Waals surface area contributed by atoms with E-state index in [9.17, 15) is 4.79 Å². The Morgan fingerprint density at radius 2 is 2.17 bits per heavy atom. The molecule has 18 heavy (non-hydrogen) atoms. The second kappa shape index (κ2) is 4.16. The maximum absolute atomic E-state index is 11.9. The molecule has 1 unspecified atom stereocenters. The number of hydrogen-bond acceptors (Lipinski definition) is 2. The maximum Gasteiger partial charge on any atom is 0.314 e. The van der Waals surface area contributed by atoms with Gasteiger partial charge in [-0.2, -0.15) is 0 Å². The number of hydrogen-bond donors (Lipinski definition) is 0. The molecule has 0 saturated heterocycles. The van der Waals surface area contributed by atoms with Crippen LogP contribution in [0.3, 0.4) is 0 Å². The molecule has 0 saturated carbocycles. The van der Waals surface area contributed by atoms with Crippen LogP contribution in [0.5, 0.6) is 0 Å². The number of fused-ring (bicyclic) bond motifs is 3. The molecule has 1 aromatic carbocycles. The fraction of sp³-hybridized carbons (Fsp3) is 0.400. The topological polar surface area (TPSA) is 31.2 Å². The van der Waals surface area contributed by atoms with Gasteiger partial charge in [-0.1, -0.05) is 18.2 Å². The van der Waals surface area contributed by atoms with E-state index >= 15 is 0 Å². The van der Waals surface area contributed by atoms with E-state index in [4.69, 9.17) is 4.74 Å². The van der Waals surface area contributed by atoms with Gasteiger partial charge in [-0.05, 0) is 30.9 Å². The van der Waals surface area contributed by atoms with Gasteiger partial charge in [0.25, 0.3) is 0 Å². The summed E-state index contributed by atoms with van der Waals surface area (Å²) in [5, 5.41) is 1.28. The van der Waals surface area contributed by atoms with E-state index in [2.05, 4.69) is 22.8 Å². The molecule has 3 heteroatoms. The molecular formula is C15H17NO2. The Labute approximate surface area is 106 Å². The van der Waals surface area contributed by atoms with Gasteiger partial charge >= 0.3 is 5.97 Å². The van der Waals surface area contributed by atoms with E-state index in [0.29, 0.717) is 0 Å². The highest BCUT2D eigenvalue weighted by atomic mass is 16.5. The number of carbonyl (C=O) groups excluding carboxylic acids is 1. The SMILES string of the molecule is COC(=O)C1CCCc2c1n(C)c1ccccc21. The average molecular weight is 243 g/mol. The predicted octanol–water partition coefficient (Wildman–Crippen LogP) is 2.77. The van der Waals surface area contributed by atoms with Crippen LogP contribution in [0.1, 0.15) is 30.0 Å². The molecule has 1 aromatic heterocycles. The molecule has 0 bridgehead atoms. The summed E-state index contributed by atoms with van der Waals surface area (Å²) in [5.74, 6) is -0.210. The lowest BCUT2D eigenvalue weighted by Gasteiger charge is -2.22. The van der Waals surface area contributed by atoms with Crippen molar-refractivity contribution >= 4 is 16.9 Å². The van der Waals surface area contributed by atoms with Crippen molar-refractivity contribution in [3.63, 3.8) is 0 Å². The molecule has 0 radical (unpaired) electrons. The van der Waals surface area contributed by atoms with Crippen LogP contribution in [0.4, 0.5) is 0 Å². The van der Waals surface area contributed by atoms with Gasteiger partial charge in [-0.15, -0.1) is 0 Å². The van der Waals surface area contributed by atoms with Crippen molar-refractivity contribution in [2.75, 3.05) is 7.11 Å². The predicted molar refractivity (Wildman–Crippen MR) is 70.6 cm³/mol. The van der Waals surface area contributed by atoms with Crippen molar-refractivity contribution < 1.29 is 9.53 Å². The number of nitrogens with zero attached hydrogens (tertiary/aromatic N) is 1. The van der Waals surface area contributed by atoms with Crippen molar-refractivity contribution in [1.29, 1.82) is 0 Å². The summed E-state index contributed by atoms with van der Waals surface area (Å²) in [6, 6.07) is 8.36. The molecule has 0 amide bonds. The lowest BCUT2D eigenvalue weighted by atomic mass is 9.86. The van der Waals surface area contributed by atoms with E-state index < -0.39 is 0 Å². The normalized spacial score (nSPS) is 18.7. The minimum atomic E-state index is -0.109. The first-order valence-electron chi connectivity index (χ1n) is 6.38. The van der Waals surface area contributed by atoms with Crippen LogP contribution in [-0.4, -0.2) is 17.6 Å². The Balaban J connectivity index is 2.26. The highest BCUT2D eigenvalue weighted by molar-refractivity contribution is 5.89. The number of ether oxygens (including phenoxy) is 1. The molecule has 0 spiro atoms. The second-order valence-electron chi connectivity index (χ2n) is 4.91. The lowest BCUT2D eigenvalue weighted by Crippen LogP contribution is -2.21. The largest absolute Gasteiger partial charge is 0.469 e. The Morgan fingerprint density at radius 1 is 1.39 bits per heavy atom. The third kappa shape index (κ3) is 1.47. The third-order valence-electron chi connectivity index (χ3n) is 4.00. The lowest BCUT2D eigenvalue weighted by molar-refractivity contribution is -0.142. The summed E-state index contributed by atoms with van der Waals surface area (Å²) >= 11 is 0. The number of rotatable bonds is 1. The van der Waals surface area contributed by atoms with E-state index in [1.807, 2.05) is 13.1 Å². The molecule has 3 nitrogen and oxygen atoms in total. The second-order valence-corrected chi connectivity index (χ2v) is 4.91. The minimum Gasteiger partial charge on any atom is -0.469 e. The van der Waals surface area contributed by atoms with E-state index in [-0.39, 0.29) is 11.9 Å². The molecule has 1 aliphatic carbocycles. The van der Waals surface area contributed by atoms with Crippen molar-refractivity contribution in [3.8, 4) is 0 Å². The van der Waals surface area contributed by atoms with Gasteiger partial charge in [0.1, 0.15) is 0 Å². The van der Waals surface area contributed by atoms with Gasteiger partial charge < -0.3 is 9.30 Å². The van der Waals surface area contributed by atoms with Crippen LogP contribution in [0.25, 0.3) is 10.9 Å². The van der Waals surface area contributed by atoms with E-state index in [0.717, 1.165) is 25.0 Å². The van der Waals surface area contributed by atoms with Crippen LogP contribution in [0, 0.1) is 0 Å². The first-order valence-corrected chi connectivity index (χ1v) is 6.38. The van der Waals surface area contributed by atoms with Gasteiger partial charge in [-0.25, -0.2) is 0 Å². The zero-order valence-corrected chi connectivity index (χ0v) is 10.8. The smallest absolute Gasteiger partial charge is 0.314 e. The monoisotopic (exact) mass is 243 g/mol. The Bertz CT molecular complexity index is 612. The van der Waals surface area contributed by atoms with Crippen molar-refractivity contribution in [3.05, 3.63) is 35.5 Å². The van der Waals surface area contributed by atoms with Crippen LogP contribution in [0.2, 0.25) is 0 Å². The summed E-state index contributed by atoms with van der Waals surface area (Å²) < 4.78 is 7.10. The van der Waals surface area contributed by atoms with Crippen molar-refractivity contribution in [2.24, 2.45) is 7.05 Å². The summed E-state index contributed by atoms with van der Waals surface area (Å²) in [5.41, 5.74) is 3.68. The van der Waals surface area contributed by atoms with Gasteiger partial charge in [-0.3, -0.25) is 4.79 Å². The molecule has 2 aromatic rings. The molecule has 0 fully saturated rings. The third-order valence-corrected chi connectivity index (χ3v) is 4.00. The standard InChI is InChI=1S/C15H17NO2/c1-16-13-9-4-3-6-10(13)11-7-5-8-12(14(11)16)15(17)18-2/h3-4,6,9,12H,5,7-8H2,1-2H3. The zero-order valence-electron chi connectivity index (χ0n) is 10.8. The molecule has 1 aliphatic rings. The first kappa shape index (κ1) is 11.3. The Morgan fingerprint density at radius 3 is 2.94 bits per heavy atom. The van der Waals surface area contributed by atoms with E-state index in [1.165, 1.54) is 23.6 Å².